The first-order valence-electron chi connectivity index (χ1n) is 6.53. The molecule has 1 amide bonds. The Morgan fingerprint density at radius 2 is 2.00 bits per heavy atom. The first kappa shape index (κ1) is 12.8. The van der Waals surface area contributed by atoms with Crippen molar-refractivity contribution >= 4 is 11.7 Å². The normalized spacial score (nSPS) is 21.4. The van der Waals surface area contributed by atoms with Crippen molar-refractivity contribution in [3.8, 4) is 0 Å². The third-order valence-electron chi connectivity index (χ3n) is 3.52. The van der Waals surface area contributed by atoms with E-state index >= 15 is 0 Å². The molecule has 0 heterocycles. The highest BCUT2D eigenvalue weighted by Crippen LogP contribution is 2.32. The molecule has 1 aliphatic rings. The molecule has 0 saturated heterocycles. The minimum Gasteiger partial charge on any atom is -0.349 e. The molecule has 1 N–H and O–H groups in total. The van der Waals surface area contributed by atoms with E-state index in [1.807, 2.05) is 30.3 Å². The number of benzene rings is 1. The molecule has 2 unspecified atom stereocenters. The molecule has 0 bridgehead atoms. The van der Waals surface area contributed by atoms with Crippen LogP contribution in [0.1, 0.15) is 44.2 Å². The van der Waals surface area contributed by atoms with Gasteiger partial charge in [-0.1, -0.05) is 36.8 Å². The van der Waals surface area contributed by atoms with Gasteiger partial charge >= 0.3 is 0 Å². The number of nitrogens with one attached hydrogen (secondary N) is 1. The van der Waals surface area contributed by atoms with Crippen molar-refractivity contribution in [3.05, 3.63) is 35.9 Å². The molecule has 0 aromatic heterocycles. The Morgan fingerprint density at radius 3 is 2.61 bits per heavy atom. The van der Waals surface area contributed by atoms with Crippen LogP contribution in [0.15, 0.2) is 30.3 Å². The molecule has 3 heteroatoms. The summed E-state index contributed by atoms with van der Waals surface area (Å²) in [6.07, 6.45) is 3.57. The number of ketones is 1. The fourth-order valence-corrected chi connectivity index (χ4v) is 2.66. The topological polar surface area (TPSA) is 46.2 Å². The second-order valence-corrected chi connectivity index (χ2v) is 4.91. The van der Waals surface area contributed by atoms with Gasteiger partial charge in [-0.25, -0.2) is 0 Å². The van der Waals surface area contributed by atoms with E-state index in [0.29, 0.717) is 6.42 Å². The zero-order chi connectivity index (χ0) is 13.0. The van der Waals surface area contributed by atoms with Crippen molar-refractivity contribution < 1.29 is 9.59 Å². The molecule has 1 saturated carbocycles. The van der Waals surface area contributed by atoms with Crippen LogP contribution in [0.25, 0.3) is 0 Å². The van der Waals surface area contributed by atoms with Crippen molar-refractivity contribution in [2.24, 2.45) is 5.92 Å². The molecule has 1 aromatic rings. The predicted molar refractivity (Wildman–Crippen MR) is 70.0 cm³/mol. The van der Waals surface area contributed by atoms with Gasteiger partial charge in [-0.05, 0) is 18.4 Å². The minimum absolute atomic E-state index is 0.0648. The fraction of sp³-hybridized carbons (Fsp3) is 0.467. The van der Waals surface area contributed by atoms with Gasteiger partial charge in [0.2, 0.25) is 5.91 Å². The lowest BCUT2D eigenvalue weighted by atomic mass is 9.80. The largest absolute Gasteiger partial charge is 0.349 e. The fourth-order valence-electron chi connectivity index (χ4n) is 2.66. The number of carbonyl (C=O) groups excluding carboxylic acids is 2. The number of amides is 1. The second kappa shape index (κ2) is 5.80. The Morgan fingerprint density at radius 1 is 1.28 bits per heavy atom. The molecule has 2 atom stereocenters. The van der Waals surface area contributed by atoms with Crippen LogP contribution in [0, 0.1) is 5.92 Å². The Balaban J connectivity index is 2.24. The van der Waals surface area contributed by atoms with E-state index in [4.69, 9.17) is 0 Å². The second-order valence-electron chi connectivity index (χ2n) is 4.91. The van der Waals surface area contributed by atoms with E-state index in [2.05, 4.69) is 5.32 Å². The summed E-state index contributed by atoms with van der Waals surface area (Å²) in [6, 6.07) is 9.60. The standard InChI is InChI=1S/C15H19NO2/c1-11(17)16-15(12-7-3-2-4-8-12)13-9-5-6-10-14(13)18/h2-4,7-8,13,15H,5-6,9-10H2,1H3,(H,16,17). The molecule has 1 aliphatic carbocycles. The molecule has 18 heavy (non-hydrogen) atoms. The lowest BCUT2D eigenvalue weighted by Crippen LogP contribution is -2.37. The van der Waals surface area contributed by atoms with E-state index in [0.717, 1.165) is 24.8 Å². The number of hydrogen-bond acceptors (Lipinski definition) is 2. The van der Waals surface area contributed by atoms with E-state index in [1.54, 1.807) is 0 Å². The summed E-state index contributed by atoms with van der Waals surface area (Å²) in [5.41, 5.74) is 1.02. The van der Waals surface area contributed by atoms with Crippen LogP contribution in [-0.4, -0.2) is 11.7 Å². The molecular weight excluding hydrogens is 226 g/mol. The van der Waals surface area contributed by atoms with Gasteiger partial charge in [0.25, 0.3) is 0 Å². The van der Waals surface area contributed by atoms with Crippen LogP contribution in [-0.2, 0) is 9.59 Å². The van der Waals surface area contributed by atoms with E-state index in [-0.39, 0.29) is 23.7 Å². The quantitative estimate of drug-likeness (QED) is 0.889. The molecule has 96 valence electrons. The van der Waals surface area contributed by atoms with Crippen LogP contribution < -0.4 is 5.32 Å². The summed E-state index contributed by atoms with van der Waals surface area (Å²) in [4.78, 5) is 23.4. The molecule has 2 rings (SSSR count). The van der Waals surface area contributed by atoms with Gasteiger partial charge in [0, 0.05) is 19.3 Å². The molecule has 1 fully saturated rings. The van der Waals surface area contributed by atoms with E-state index in [1.165, 1.54) is 6.92 Å². The van der Waals surface area contributed by atoms with Crippen LogP contribution in [0.3, 0.4) is 0 Å². The highest BCUT2D eigenvalue weighted by Gasteiger charge is 2.31. The summed E-state index contributed by atoms with van der Waals surface area (Å²) < 4.78 is 0. The summed E-state index contributed by atoms with van der Waals surface area (Å²) in [7, 11) is 0. The summed E-state index contributed by atoms with van der Waals surface area (Å²) >= 11 is 0. The molecule has 0 aliphatic heterocycles. The molecule has 0 spiro atoms. The molecular formula is C15H19NO2. The Labute approximate surface area is 108 Å². The number of carbonyl (C=O) groups is 2. The van der Waals surface area contributed by atoms with Crippen molar-refractivity contribution in [3.63, 3.8) is 0 Å². The summed E-state index contributed by atoms with van der Waals surface area (Å²) in [5, 5.41) is 2.94. The summed E-state index contributed by atoms with van der Waals surface area (Å²) in [5.74, 6) is 0.135. The average Bonchev–Trinajstić information content (AvgIpc) is 2.38. The maximum atomic E-state index is 12.0. The third kappa shape index (κ3) is 2.97. The molecule has 1 aromatic carbocycles. The maximum Gasteiger partial charge on any atom is 0.217 e. The van der Waals surface area contributed by atoms with Crippen LogP contribution in [0.2, 0.25) is 0 Å². The van der Waals surface area contributed by atoms with Gasteiger partial charge in [-0.3, -0.25) is 9.59 Å². The number of Topliss-reactive ketones (excluding diaryl/α,β-unsaturated/α-hetero) is 1. The zero-order valence-corrected chi connectivity index (χ0v) is 10.7. The van der Waals surface area contributed by atoms with Gasteiger partial charge in [-0.15, -0.1) is 0 Å². The Hall–Kier alpha value is -1.64. The first-order chi connectivity index (χ1) is 8.68. The molecule has 3 nitrogen and oxygen atoms in total. The smallest absolute Gasteiger partial charge is 0.217 e. The number of hydrogen-bond donors (Lipinski definition) is 1. The van der Waals surface area contributed by atoms with Gasteiger partial charge in [0.15, 0.2) is 0 Å². The van der Waals surface area contributed by atoms with Crippen molar-refractivity contribution in [1.82, 2.24) is 5.32 Å². The van der Waals surface area contributed by atoms with Crippen LogP contribution in [0.5, 0.6) is 0 Å². The highest BCUT2D eigenvalue weighted by atomic mass is 16.1. The Kier molecular flexibility index (Phi) is 4.13. The lowest BCUT2D eigenvalue weighted by molar-refractivity contribution is -0.126. The average molecular weight is 245 g/mol. The van der Waals surface area contributed by atoms with Gasteiger partial charge in [0.05, 0.1) is 6.04 Å². The van der Waals surface area contributed by atoms with E-state index < -0.39 is 0 Å². The monoisotopic (exact) mass is 245 g/mol. The third-order valence-corrected chi connectivity index (χ3v) is 3.52. The lowest BCUT2D eigenvalue weighted by Gasteiger charge is -2.29. The maximum absolute atomic E-state index is 12.0. The zero-order valence-electron chi connectivity index (χ0n) is 10.7. The first-order valence-corrected chi connectivity index (χ1v) is 6.53. The van der Waals surface area contributed by atoms with Gasteiger partial charge in [0.1, 0.15) is 5.78 Å². The highest BCUT2D eigenvalue weighted by molar-refractivity contribution is 5.83. The number of rotatable bonds is 3. The summed E-state index contributed by atoms with van der Waals surface area (Å²) in [6.45, 7) is 1.50. The van der Waals surface area contributed by atoms with Crippen LogP contribution in [0.4, 0.5) is 0 Å². The predicted octanol–water partition coefficient (Wildman–Crippen LogP) is 2.62. The van der Waals surface area contributed by atoms with Crippen LogP contribution >= 0.6 is 0 Å². The van der Waals surface area contributed by atoms with Crippen molar-refractivity contribution in [2.75, 3.05) is 0 Å². The van der Waals surface area contributed by atoms with Crippen molar-refractivity contribution in [2.45, 2.75) is 38.6 Å². The SMILES string of the molecule is CC(=O)NC(c1ccccc1)C1CCCCC1=O. The molecule has 0 radical (unpaired) electrons. The van der Waals surface area contributed by atoms with Crippen molar-refractivity contribution in [1.29, 1.82) is 0 Å². The Bertz CT molecular complexity index is 427. The van der Waals surface area contributed by atoms with Gasteiger partial charge in [-0.2, -0.15) is 0 Å². The minimum atomic E-state index is -0.170. The van der Waals surface area contributed by atoms with E-state index in [9.17, 15) is 9.59 Å². The van der Waals surface area contributed by atoms with Gasteiger partial charge < -0.3 is 5.32 Å².